The van der Waals surface area contributed by atoms with Gasteiger partial charge in [-0.05, 0) is 59.8 Å². The van der Waals surface area contributed by atoms with Crippen molar-refractivity contribution in [3.05, 3.63) is 82.0 Å². The zero-order valence-corrected chi connectivity index (χ0v) is 20.7. The highest BCUT2D eigenvalue weighted by Crippen LogP contribution is 2.42. The molecule has 168 valence electrons. The Kier molecular flexibility index (Phi) is 7.15. The SMILES string of the molecule is C=CCc1c(C)cc(C(C)(C)C)c(Cc2c(C(C)(C)C)cc(C)c(CC=C)c2O)c1O. The van der Waals surface area contributed by atoms with Crippen LogP contribution in [0.3, 0.4) is 0 Å². The molecule has 0 bridgehead atoms. The quantitative estimate of drug-likeness (QED) is 0.479. The van der Waals surface area contributed by atoms with Gasteiger partial charge in [-0.25, -0.2) is 0 Å². The second-order valence-corrected chi connectivity index (χ2v) is 10.8. The highest BCUT2D eigenvalue weighted by atomic mass is 16.3. The molecular formula is C29H40O2. The molecule has 0 saturated carbocycles. The minimum Gasteiger partial charge on any atom is -0.507 e. The molecule has 0 unspecified atom stereocenters. The third-order valence-corrected chi connectivity index (χ3v) is 6.13. The van der Waals surface area contributed by atoms with E-state index in [9.17, 15) is 10.2 Å². The van der Waals surface area contributed by atoms with E-state index < -0.39 is 0 Å². The number of phenols is 2. The highest BCUT2D eigenvalue weighted by Gasteiger charge is 2.28. The predicted molar refractivity (Wildman–Crippen MR) is 134 cm³/mol. The highest BCUT2D eigenvalue weighted by molar-refractivity contribution is 5.59. The van der Waals surface area contributed by atoms with Crippen molar-refractivity contribution >= 4 is 0 Å². The molecule has 31 heavy (non-hydrogen) atoms. The van der Waals surface area contributed by atoms with Crippen LogP contribution in [-0.4, -0.2) is 10.2 Å². The summed E-state index contributed by atoms with van der Waals surface area (Å²) >= 11 is 0. The molecule has 2 aromatic rings. The monoisotopic (exact) mass is 420 g/mol. The third kappa shape index (κ3) is 5.06. The van der Waals surface area contributed by atoms with Crippen LogP contribution < -0.4 is 0 Å². The minimum absolute atomic E-state index is 0.142. The Morgan fingerprint density at radius 1 is 0.677 bits per heavy atom. The first-order valence-electron chi connectivity index (χ1n) is 11.1. The molecule has 2 rings (SSSR count). The van der Waals surface area contributed by atoms with Crippen molar-refractivity contribution in [1.29, 1.82) is 0 Å². The van der Waals surface area contributed by atoms with E-state index in [0.717, 1.165) is 44.5 Å². The average Bonchev–Trinajstić information content (AvgIpc) is 2.63. The first-order chi connectivity index (χ1) is 14.2. The van der Waals surface area contributed by atoms with Gasteiger partial charge in [0.2, 0.25) is 0 Å². The van der Waals surface area contributed by atoms with Crippen LogP contribution in [0.5, 0.6) is 11.5 Å². The molecule has 0 amide bonds. The summed E-state index contributed by atoms with van der Waals surface area (Å²) in [6.07, 6.45) is 5.36. The summed E-state index contributed by atoms with van der Waals surface area (Å²) < 4.78 is 0. The predicted octanol–water partition coefficient (Wildman–Crippen LogP) is 7.36. The van der Waals surface area contributed by atoms with Crippen molar-refractivity contribution in [1.82, 2.24) is 0 Å². The van der Waals surface area contributed by atoms with Gasteiger partial charge in [-0.2, -0.15) is 0 Å². The Hall–Kier alpha value is -2.48. The Bertz CT molecular complexity index is 914. The molecule has 2 heteroatoms. The fourth-order valence-corrected chi connectivity index (χ4v) is 4.45. The lowest BCUT2D eigenvalue weighted by Crippen LogP contribution is -2.19. The van der Waals surface area contributed by atoms with E-state index >= 15 is 0 Å². The number of aryl methyl sites for hydroxylation is 2. The molecule has 0 saturated heterocycles. The number of phenolic OH excluding ortho intramolecular Hbond substituents is 2. The number of hydrogen-bond donors (Lipinski definition) is 2. The van der Waals surface area contributed by atoms with Crippen LogP contribution in [0.25, 0.3) is 0 Å². The summed E-state index contributed by atoms with van der Waals surface area (Å²) in [6.45, 7) is 24.8. The number of allylic oxidation sites excluding steroid dienone is 2. The molecular weight excluding hydrogens is 380 g/mol. The van der Waals surface area contributed by atoms with Crippen LogP contribution >= 0.6 is 0 Å². The molecule has 0 atom stereocenters. The molecule has 0 heterocycles. The Labute approximate surface area is 189 Å². The number of hydrogen-bond acceptors (Lipinski definition) is 2. The van der Waals surface area contributed by atoms with Crippen molar-refractivity contribution in [3.63, 3.8) is 0 Å². The topological polar surface area (TPSA) is 40.5 Å². The second kappa shape index (κ2) is 8.94. The Balaban J connectivity index is 2.89. The zero-order chi connectivity index (χ0) is 23.7. The largest absolute Gasteiger partial charge is 0.507 e. The smallest absolute Gasteiger partial charge is 0.123 e. The lowest BCUT2D eigenvalue weighted by atomic mass is 9.76. The maximum atomic E-state index is 11.4. The van der Waals surface area contributed by atoms with Gasteiger partial charge in [0.15, 0.2) is 0 Å². The van der Waals surface area contributed by atoms with E-state index in [1.807, 2.05) is 26.0 Å². The van der Waals surface area contributed by atoms with Gasteiger partial charge < -0.3 is 10.2 Å². The number of rotatable bonds is 6. The second-order valence-electron chi connectivity index (χ2n) is 10.8. The maximum Gasteiger partial charge on any atom is 0.123 e. The van der Waals surface area contributed by atoms with E-state index in [1.165, 1.54) is 0 Å². The third-order valence-electron chi connectivity index (χ3n) is 6.13. The van der Waals surface area contributed by atoms with E-state index in [-0.39, 0.29) is 10.8 Å². The summed E-state index contributed by atoms with van der Waals surface area (Å²) in [5, 5.41) is 22.7. The molecule has 2 aromatic carbocycles. The lowest BCUT2D eigenvalue weighted by Gasteiger charge is -2.30. The van der Waals surface area contributed by atoms with Crippen LogP contribution in [0.4, 0.5) is 0 Å². The molecule has 2 nitrogen and oxygen atoms in total. The van der Waals surface area contributed by atoms with Gasteiger partial charge in [-0.3, -0.25) is 0 Å². The first kappa shape index (κ1) is 24.8. The summed E-state index contributed by atoms with van der Waals surface area (Å²) in [4.78, 5) is 0. The van der Waals surface area contributed by atoms with Gasteiger partial charge in [-0.1, -0.05) is 65.8 Å². The van der Waals surface area contributed by atoms with E-state index in [1.54, 1.807) is 0 Å². The van der Waals surface area contributed by atoms with Gasteiger partial charge in [-0.15, -0.1) is 13.2 Å². The fourth-order valence-electron chi connectivity index (χ4n) is 4.45. The van der Waals surface area contributed by atoms with E-state index in [2.05, 4.69) is 66.8 Å². The minimum atomic E-state index is -0.142. The van der Waals surface area contributed by atoms with Gasteiger partial charge in [0.1, 0.15) is 11.5 Å². The van der Waals surface area contributed by atoms with Crippen LogP contribution in [-0.2, 0) is 30.1 Å². The van der Waals surface area contributed by atoms with Crippen LogP contribution in [0.15, 0.2) is 37.4 Å². The molecule has 0 spiro atoms. The van der Waals surface area contributed by atoms with Crippen LogP contribution in [0.1, 0.15) is 86.1 Å². The van der Waals surface area contributed by atoms with Gasteiger partial charge >= 0.3 is 0 Å². The maximum absolute atomic E-state index is 11.4. The van der Waals surface area contributed by atoms with E-state index in [0.29, 0.717) is 30.8 Å². The molecule has 0 aliphatic heterocycles. The van der Waals surface area contributed by atoms with Crippen LogP contribution in [0, 0.1) is 13.8 Å². The van der Waals surface area contributed by atoms with E-state index in [4.69, 9.17) is 0 Å². The average molecular weight is 421 g/mol. The normalized spacial score (nSPS) is 12.1. The zero-order valence-electron chi connectivity index (χ0n) is 20.7. The lowest BCUT2D eigenvalue weighted by molar-refractivity contribution is 0.448. The summed E-state index contributed by atoms with van der Waals surface area (Å²) in [5.41, 5.74) is 7.69. The number of aromatic hydroxyl groups is 2. The van der Waals surface area contributed by atoms with Gasteiger partial charge in [0.05, 0.1) is 0 Å². The van der Waals surface area contributed by atoms with Crippen molar-refractivity contribution in [2.24, 2.45) is 0 Å². The Morgan fingerprint density at radius 3 is 1.26 bits per heavy atom. The Morgan fingerprint density at radius 2 is 1.00 bits per heavy atom. The molecule has 0 radical (unpaired) electrons. The number of benzene rings is 2. The van der Waals surface area contributed by atoms with Gasteiger partial charge in [0, 0.05) is 28.7 Å². The van der Waals surface area contributed by atoms with Crippen molar-refractivity contribution in [2.75, 3.05) is 0 Å². The van der Waals surface area contributed by atoms with Crippen molar-refractivity contribution in [2.45, 2.75) is 85.5 Å². The summed E-state index contributed by atoms with van der Waals surface area (Å²) in [7, 11) is 0. The molecule has 0 aliphatic rings. The van der Waals surface area contributed by atoms with Crippen molar-refractivity contribution in [3.8, 4) is 11.5 Å². The standard InChI is InChI=1S/C29H40O2/c1-11-13-20-18(3)15-24(28(5,6)7)22(26(20)30)17-23-25(29(8,9)10)16-19(4)21(14-12-2)27(23)31/h11-12,15-16,30-31H,1-2,13-14,17H2,3-10H3. The molecule has 2 N–H and O–H groups in total. The molecule has 0 aliphatic carbocycles. The first-order valence-corrected chi connectivity index (χ1v) is 11.1. The van der Waals surface area contributed by atoms with Crippen molar-refractivity contribution < 1.29 is 10.2 Å². The summed E-state index contributed by atoms with van der Waals surface area (Å²) in [5.74, 6) is 0.657. The fraction of sp³-hybridized carbons (Fsp3) is 0.448. The molecule has 0 aromatic heterocycles. The van der Waals surface area contributed by atoms with Gasteiger partial charge in [0.25, 0.3) is 0 Å². The van der Waals surface area contributed by atoms with Crippen LogP contribution in [0.2, 0.25) is 0 Å². The summed E-state index contributed by atoms with van der Waals surface area (Å²) in [6, 6.07) is 4.39. The molecule has 0 fully saturated rings.